The minimum atomic E-state index is -0.109. The summed E-state index contributed by atoms with van der Waals surface area (Å²) < 4.78 is 4.58. The lowest BCUT2D eigenvalue weighted by molar-refractivity contribution is -0.142. The first-order valence-electron chi connectivity index (χ1n) is 3.35. The molecule has 0 bridgehead atoms. The van der Waals surface area contributed by atoms with E-state index in [1.165, 1.54) is 7.11 Å². The van der Waals surface area contributed by atoms with Gasteiger partial charge < -0.3 is 4.74 Å². The van der Waals surface area contributed by atoms with Crippen molar-refractivity contribution in [3.63, 3.8) is 0 Å². The first kappa shape index (κ1) is 7.32. The number of carbonyl (C=O) groups is 1. The average molecular weight is 140 g/mol. The molecule has 0 aliphatic heterocycles. The van der Waals surface area contributed by atoms with E-state index in [4.69, 9.17) is 0 Å². The molecule has 1 rings (SSSR count). The number of hydrogen-bond donors (Lipinski definition) is 0. The molecular formula is C8H12O2. The number of hydrogen-bond acceptors (Lipinski definition) is 2. The lowest BCUT2D eigenvalue weighted by Crippen LogP contribution is -2.07. The SMILES string of the molecule is C=C[C@]1(C)C[C@@H]1C(=O)OC. The molecule has 1 saturated carbocycles. The normalized spacial score (nSPS) is 36.8. The van der Waals surface area contributed by atoms with Crippen molar-refractivity contribution in [3.8, 4) is 0 Å². The Morgan fingerprint density at radius 1 is 1.90 bits per heavy atom. The third-order valence-electron chi connectivity index (χ3n) is 2.23. The maximum Gasteiger partial charge on any atom is 0.309 e. The van der Waals surface area contributed by atoms with Gasteiger partial charge in [0.25, 0.3) is 0 Å². The van der Waals surface area contributed by atoms with Gasteiger partial charge in [-0.3, -0.25) is 4.79 Å². The van der Waals surface area contributed by atoms with Crippen LogP contribution in [0.1, 0.15) is 13.3 Å². The van der Waals surface area contributed by atoms with Gasteiger partial charge in [-0.15, -0.1) is 6.58 Å². The molecule has 0 radical (unpaired) electrons. The second-order valence-corrected chi connectivity index (χ2v) is 2.99. The van der Waals surface area contributed by atoms with Crippen LogP contribution in [-0.4, -0.2) is 13.1 Å². The molecule has 56 valence electrons. The van der Waals surface area contributed by atoms with Crippen molar-refractivity contribution in [2.24, 2.45) is 11.3 Å². The van der Waals surface area contributed by atoms with Crippen LogP contribution in [0, 0.1) is 11.3 Å². The van der Waals surface area contributed by atoms with Crippen LogP contribution >= 0.6 is 0 Å². The maximum absolute atomic E-state index is 10.9. The quantitative estimate of drug-likeness (QED) is 0.427. The second kappa shape index (κ2) is 2.11. The lowest BCUT2D eigenvalue weighted by atomic mass is 10.1. The number of esters is 1. The van der Waals surface area contributed by atoms with E-state index in [9.17, 15) is 4.79 Å². The summed E-state index contributed by atoms with van der Waals surface area (Å²) in [7, 11) is 1.42. The highest BCUT2D eigenvalue weighted by Gasteiger charge is 2.53. The Hall–Kier alpha value is -0.790. The highest BCUT2D eigenvalue weighted by Crippen LogP contribution is 2.53. The number of carbonyl (C=O) groups excluding carboxylic acids is 1. The van der Waals surface area contributed by atoms with E-state index in [-0.39, 0.29) is 17.3 Å². The standard InChI is InChI=1S/C8H12O2/c1-4-8(2)5-6(8)7(9)10-3/h4,6H,1,5H2,2-3H3/t6-,8-/m1/s1. The first-order valence-corrected chi connectivity index (χ1v) is 3.35. The zero-order valence-electron chi connectivity index (χ0n) is 6.39. The first-order chi connectivity index (χ1) is 4.64. The van der Waals surface area contributed by atoms with Crippen LogP contribution in [0.3, 0.4) is 0 Å². The van der Waals surface area contributed by atoms with E-state index in [0.717, 1.165) is 6.42 Å². The summed E-state index contributed by atoms with van der Waals surface area (Å²) in [5.74, 6) is -0.0441. The minimum absolute atomic E-state index is 0.0209. The molecule has 2 heteroatoms. The number of ether oxygens (including phenoxy) is 1. The highest BCUT2D eigenvalue weighted by atomic mass is 16.5. The molecule has 2 nitrogen and oxygen atoms in total. The van der Waals surface area contributed by atoms with Gasteiger partial charge in [-0.1, -0.05) is 13.0 Å². The Morgan fingerprint density at radius 3 is 2.80 bits per heavy atom. The molecular weight excluding hydrogens is 128 g/mol. The zero-order valence-corrected chi connectivity index (χ0v) is 6.39. The molecule has 0 spiro atoms. The molecule has 0 aromatic rings. The van der Waals surface area contributed by atoms with Gasteiger partial charge in [-0.2, -0.15) is 0 Å². The number of rotatable bonds is 2. The van der Waals surface area contributed by atoms with Crippen molar-refractivity contribution in [1.29, 1.82) is 0 Å². The molecule has 0 N–H and O–H groups in total. The van der Waals surface area contributed by atoms with Gasteiger partial charge in [0.2, 0.25) is 0 Å². The summed E-state index contributed by atoms with van der Waals surface area (Å²) in [5.41, 5.74) is 0.0209. The maximum atomic E-state index is 10.9. The molecule has 1 aliphatic carbocycles. The Morgan fingerprint density at radius 2 is 2.50 bits per heavy atom. The van der Waals surface area contributed by atoms with E-state index in [0.29, 0.717) is 0 Å². The summed E-state index contributed by atoms with van der Waals surface area (Å²) in [4.78, 5) is 10.9. The van der Waals surface area contributed by atoms with Gasteiger partial charge in [-0.25, -0.2) is 0 Å². The predicted octanol–water partition coefficient (Wildman–Crippen LogP) is 1.37. The average Bonchev–Trinajstić information content (AvgIpc) is 2.62. The van der Waals surface area contributed by atoms with Gasteiger partial charge in [-0.05, 0) is 11.8 Å². The van der Waals surface area contributed by atoms with Crippen LogP contribution in [0.25, 0.3) is 0 Å². The fourth-order valence-electron chi connectivity index (χ4n) is 1.10. The molecule has 0 saturated heterocycles. The Kier molecular flexibility index (Phi) is 1.55. The van der Waals surface area contributed by atoms with Gasteiger partial charge in [0.15, 0.2) is 0 Å². The summed E-state index contributed by atoms with van der Waals surface area (Å²) in [6.07, 6.45) is 2.72. The Balaban J connectivity index is 2.52. The molecule has 0 amide bonds. The van der Waals surface area contributed by atoms with Crippen LogP contribution in [0.4, 0.5) is 0 Å². The van der Waals surface area contributed by atoms with E-state index in [1.807, 2.05) is 13.0 Å². The summed E-state index contributed by atoms with van der Waals surface area (Å²) in [6.45, 7) is 5.67. The van der Waals surface area contributed by atoms with Gasteiger partial charge in [0, 0.05) is 0 Å². The van der Waals surface area contributed by atoms with Crippen LogP contribution in [0.15, 0.2) is 12.7 Å². The largest absolute Gasteiger partial charge is 0.469 e. The molecule has 0 aromatic carbocycles. The molecule has 10 heavy (non-hydrogen) atoms. The zero-order chi connectivity index (χ0) is 7.78. The van der Waals surface area contributed by atoms with Crippen molar-refractivity contribution in [3.05, 3.63) is 12.7 Å². The Bertz CT molecular complexity index is 174. The Labute approximate surface area is 60.9 Å². The third kappa shape index (κ3) is 0.939. The van der Waals surface area contributed by atoms with Gasteiger partial charge in [0.05, 0.1) is 13.0 Å². The summed E-state index contributed by atoms with van der Waals surface area (Å²) in [5, 5.41) is 0. The summed E-state index contributed by atoms with van der Waals surface area (Å²) in [6, 6.07) is 0. The predicted molar refractivity (Wildman–Crippen MR) is 38.4 cm³/mol. The number of methoxy groups -OCH3 is 1. The molecule has 0 unspecified atom stereocenters. The van der Waals surface area contributed by atoms with Crippen molar-refractivity contribution in [2.75, 3.05) is 7.11 Å². The topological polar surface area (TPSA) is 26.3 Å². The highest BCUT2D eigenvalue weighted by molar-refractivity contribution is 5.77. The van der Waals surface area contributed by atoms with Crippen LogP contribution in [-0.2, 0) is 9.53 Å². The van der Waals surface area contributed by atoms with Crippen molar-refractivity contribution in [2.45, 2.75) is 13.3 Å². The fourth-order valence-corrected chi connectivity index (χ4v) is 1.10. The van der Waals surface area contributed by atoms with E-state index >= 15 is 0 Å². The van der Waals surface area contributed by atoms with E-state index in [2.05, 4.69) is 11.3 Å². The van der Waals surface area contributed by atoms with Gasteiger partial charge in [0.1, 0.15) is 0 Å². The van der Waals surface area contributed by atoms with Crippen molar-refractivity contribution < 1.29 is 9.53 Å². The smallest absolute Gasteiger partial charge is 0.309 e. The number of allylic oxidation sites excluding steroid dienone is 1. The van der Waals surface area contributed by atoms with Crippen LogP contribution < -0.4 is 0 Å². The molecule has 0 heterocycles. The van der Waals surface area contributed by atoms with Crippen LogP contribution in [0.5, 0.6) is 0 Å². The molecule has 1 aliphatic rings. The van der Waals surface area contributed by atoms with E-state index < -0.39 is 0 Å². The lowest BCUT2D eigenvalue weighted by Gasteiger charge is -2.00. The van der Waals surface area contributed by atoms with Crippen molar-refractivity contribution >= 4 is 5.97 Å². The van der Waals surface area contributed by atoms with Crippen LogP contribution in [0.2, 0.25) is 0 Å². The molecule has 0 aromatic heterocycles. The van der Waals surface area contributed by atoms with Crippen molar-refractivity contribution in [1.82, 2.24) is 0 Å². The molecule has 2 atom stereocenters. The third-order valence-corrected chi connectivity index (χ3v) is 2.23. The minimum Gasteiger partial charge on any atom is -0.469 e. The molecule has 1 fully saturated rings. The monoisotopic (exact) mass is 140 g/mol. The van der Waals surface area contributed by atoms with E-state index in [1.54, 1.807) is 0 Å². The summed E-state index contributed by atoms with van der Waals surface area (Å²) >= 11 is 0. The fraction of sp³-hybridized carbons (Fsp3) is 0.625. The second-order valence-electron chi connectivity index (χ2n) is 2.99. The van der Waals surface area contributed by atoms with Gasteiger partial charge >= 0.3 is 5.97 Å².